The number of carbonyl (C=O) groups is 2. The second-order valence-corrected chi connectivity index (χ2v) is 4.19. The molecule has 1 saturated heterocycles. The molecule has 0 unspecified atom stereocenters. The smallest absolute Gasteiger partial charge is 0.322 e. The van der Waals surface area contributed by atoms with Crippen molar-refractivity contribution in [3.63, 3.8) is 0 Å². The minimum atomic E-state index is -0.575. The standard InChI is InChI=1S/C9H14N2O2/c1-6-3-2-4-9(5-6)7(12)10-8(13)11-9/h6H,2-5H2,1H3,(H2,10,11,12,13)/t6-,9+/m1/s1. The number of hydrogen-bond donors (Lipinski definition) is 2. The number of imide groups is 1. The second-order valence-electron chi connectivity index (χ2n) is 4.19. The molecule has 72 valence electrons. The summed E-state index contributed by atoms with van der Waals surface area (Å²) in [5.41, 5.74) is -0.575. The van der Waals surface area contributed by atoms with Crippen LogP contribution in [0.3, 0.4) is 0 Å². The largest absolute Gasteiger partial charge is 0.323 e. The van der Waals surface area contributed by atoms with Crippen molar-refractivity contribution in [1.82, 2.24) is 10.6 Å². The number of urea groups is 1. The summed E-state index contributed by atoms with van der Waals surface area (Å²) in [6.07, 6.45) is 3.75. The van der Waals surface area contributed by atoms with E-state index in [1.165, 1.54) is 0 Å². The molecule has 1 heterocycles. The van der Waals surface area contributed by atoms with Gasteiger partial charge in [-0.15, -0.1) is 0 Å². The van der Waals surface area contributed by atoms with Gasteiger partial charge >= 0.3 is 6.03 Å². The van der Waals surface area contributed by atoms with Crippen LogP contribution in [-0.4, -0.2) is 17.5 Å². The van der Waals surface area contributed by atoms with Crippen LogP contribution < -0.4 is 10.6 Å². The van der Waals surface area contributed by atoms with Crippen molar-refractivity contribution in [2.24, 2.45) is 5.92 Å². The molecular weight excluding hydrogens is 168 g/mol. The van der Waals surface area contributed by atoms with Gasteiger partial charge in [0, 0.05) is 0 Å². The maximum Gasteiger partial charge on any atom is 0.322 e. The lowest BCUT2D eigenvalue weighted by molar-refractivity contribution is -0.125. The summed E-state index contributed by atoms with van der Waals surface area (Å²) in [7, 11) is 0. The van der Waals surface area contributed by atoms with Gasteiger partial charge in [0.25, 0.3) is 5.91 Å². The van der Waals surface area contributed by atoms with E-state index >= 15 is 0 Å². The Labute approximate surface area is 77.1 Å². The van der Waals surface area contributed by atoms with Crippen molar-refractivity contribution in [2.75, 3.05) is 0 Å². The van der Waals surface area contributed by atoms with Gasteiger partial charge in [-0.3, -0.25) is 10.1 Å². The van der Waals surface area contributed by atoms with Crippen LogP contribution >= 0.6 is 0 Å². The Bertz CT molecular complexity index is 264. The molecule has 1 saturated carbocycles. The minimum absolute atomic E-state index is 0.135. The first kappa shape index (κ1) is 8.53. The van der Waals surface area contributed by atoms with Crippen LogP contribution in [0.25, 0.3) is 0 Å². The van der Waals surface area contributed by atoms with Gasteiger partial charge in [-0.05, 0) is 18.8 Å². The first-order valence-corrected chi connectivity index (χ1v) is 4.76. The van der Waals surface area contributed by atoms with Crippen molar-refractivity contribution in [3.8, 4) is 0 Å². The van der Waals surface area contributed by atoms with Crippen molar-refractivity contribution in [2.45, 2.75) is 38.1 Å². The van der Waals surface area contributed by atoms with E-state index in [1.807, 2.05) is 0 Å². The highest BCUT2D eigenvalue weighted by Crippen LogP contribution is 2.33. The summed E-state index contributed by atoms with van der Waals surface area (Å²) in [5, 5.41) is 5.06. The molecule has 1 spiro atoms. The van der Waals surface area contributed by atoms with Crippen LogP contribution in [0, 0.1) is 5.92 Å². The number of carbonyl (C=O) groups excluding carboxylic acids is 2. The lowest BCUT2D eigenvalue weighted by Crippen LogP contribution is -2.49. The third-order valence-corrected chi connectivity index (χ3v) is 3.01. The molecule has 2 aliphatic rings. The summed E-state index contributed by atoms with van der Waals surface area (Å²) in [5.74, 6) is 0.391. The van der Waals surface area contributed by atoms with Gasteiger partial charge in [0.05, 0.1) is 0 Å². The highest BCUT2D eigenvalue weighted by atomic mass is 16.2. The zero-order valence-corrected chi connectivity index (χ0v) is 7.72. The van der Waals surface area contributed by atoms with Crippen molar-refractivity contribution in [1.29, 1.82) is 0 Å². The van der Waals surface area contributed by atoms with Gasteiger partial charge in [-0.25, -0.2) is 4.79 Å². The van der Waals surface area contributed by atoms with E-state index in [9.17, 15) is 9.59 Å². The average molecular weight is 182 g/mol. The number of amides is 3. The highest BCUT2D eigenvalue weighted by molar-refractivity contribution is 6.07. The van der Waals surface area contributed by atoms with Gasteiger partial charge in [0.1, 0.15) is 5.54 Å². The molecule has 2 fully saturated rings. The third-order valence-electron chi connectivity index (χ3n) is 3.01. The molecule has 0 aromatic carbocycles. The molecule has 0 radical (unpaired) electrons. The monoisotopic (exact) mass is 182 g/mol. The Kier molecular flexibility index (Phi) is 1.78. The summed E-state index contributed by atoms with van der Waals surface area (Å²) < 4.78 is 0. The molecule has 3 amide bonds. The average Bonchev–Trinajstić information content (AvgIpc) is 2.26. The third kappa shape index (κ3) is 1.30. The molecule has 2 atom stereocenters. The Morgan fingerprint density at radius 3 is 2.77 bits per heavy atom. The summed E-state index contributed by atoms with van der Waals surface area (Å²) in [6.45, 7) is 2.12. The van der Waals surface area contributed by atoms with Gasteiger partial charge < -0.3 is 5.32 Å². The van der Waals surface area contributed by atoms with Gasteiger partial charge in [-0.1, -0.05) is 19.8 Å². The molecule has 0 bridgehead atoms. The van der Waals surface area contributed by atoms with E-state index in [0.717, 1.165) is 25.7 Å². The molecular formula is C9H14N2O2. The predicted octanol–water partition coefficient (Wildman–Crippen LogP) is 0.775. The van der Waals surface area contributed by atoms with E-state index in [0.29, 0.717) is 5.92 Å². The first-order chi connectivity index (χ1) is 6.12. The minimum Gasteiger partial charge on any atom is -0.323 e. The normalized spacial score (nSPS) is 39.0. The van der Waals surface area contributed by atoms with Crippen molar-refractivity contribution in [3.05, 3.63) is 0 Å². The van der Waals surface area contributed by atoms with Gasteiger partial charge in [-0.2, -0.15) is 0 Å². The van der Waals surface area contributed by atoms with Crippen molar-refractivity contribution >= 4 is 11.9 Å². The number of nitrogens with one attached hydrogen (secondary N) is 2. The van der Waals surface area contributed by atoms with E-state index < -0.39 is 5.54 Å². The molecule has 1 aliphatic heterocycles. The van der Waals surface area contributed by atoms with Crippen LogP contribution in [0.1, 0.15) is 32.6 Å². The Morgan fingerprint density at radius 2 is 2.23 bits per heavy atom. The van der Waals surface area contributed by atoms with Crippen LogP contribution in [0.2, 0.25) is 0 Å². The highest BCUT2D eigenvalue weighted by Gasteiger charge is 2.47. The molecule has 2 rings (SSSR count). The van der Waals surface area contributed by atoms with Crippen LogP contribution in [0.5, 0.6) is 0 Å². The van der Waals surface area contributed by atoms with E-state index in [4.69, 9.17) is 0 Å². The molecule has 0 aromatic heterocycles. The van der Waals surface area contributed by atoms with E-state index in [1.54, 1.807) is 0 Å². The molecule has 4 heteroatoms. The molecule has 2 N–H and O–H groups in total. The fourth-order valence-corrected chi connectivity index (χ4v) is 2.40. The molecule has 1 aliphatic carbocycles. The Hall–Kier alpha value is -1.06. The topological polar surface area (TPSA) is 58.2 Å². The Morgan fingerprint density at radius 1 is 1.46 bits per heavy atom. The fourth-order valence-electron chi connectivity index (χ4n) is 2.40. The lowest BCUT2D eigenvalue weighted by Gasteiger charge is -2.33. The quantitative estimate of drug-likeness (QED) is 0.544. The zero-order valence-electron chi connectivity index (χ0n) is 7.72. The summed E-state index contributed by atoms with van der Waals surface area (Å²) in [6, 6.07) is -0.334. The number of rotatable bonds is 0. The van der Waals surface area contributed by atoms with Gasteiger partial charge in [0.15, 0.2) is 0 Å². The Balaban J connectivity index is 2.19. The van der Waals surface area contributed by atoms with E-state index in [-0.39, 0.29) is 11.9 Å². The maximum atomic E-state index is 11.5. The van der Waals surface area contributed by atoms with Gasteiger partial charge in [0.2, 0.25) is 0 Å². The predicted molar refractivity (Wildman–Crippen MR) is 47.0 cm³/mol. The maximum absolute atomic E-state index is 11.5. The molecule has 0 aromatic rings. The van der Waals surface area contributed by atoms with Crippen LogP contribution in [0.15, 0.2) is 0 Å². The fraction of sp³-hybridized carbons (Fsp3) is 0.778. The second kappa shape index (κ2) is 2.72. The van der Waals surface area contributed by atoms with Crippen molar-refractivity contribution < 1.29 is 9.59 Å². The SMILES string of the molecule is C[C@@H]1CCC[C@@]2(C1)NC(=O)NC2=O. The zero-order chi connectivity index (χ0) is 9.47. The summed E-state index contributed by atoms with van der Waals surface area (Å²) in [4.78, 5) is 22.5. The first-order valence-electron chi connectivity index (χ1n) is 4.76. The molecule has 4 nitrogen and oxygen atoms in total. The van der Waals surface area contributed by atoms with E-state index in [2.05, 4.69) is 17.6 Å². The van der Waals surface area contributed by atoms with Crippen LogP contribution in [0.4, 0.5) is 4.79 Å². The molecule has 13 heavy (non-hydrogen) atoms. The summed E-state index contributed by atoms with van der Waals surface area (Å²) >= 11 is 0. The number of hydrogen-bond acceptors (Lipinski definition) is 2. The van der Waals surface area contributed by atoms with Crippen LogP contribution in [-0.2, 0) is 4.79 Å². The lowest BCUT2D eigenvalue weighted by atomic mass is 9.76.